The van der Waals surface area contributed by atoms with Crippen LogP contribution in [0.5, 0.6) is 23.0 Å². The van der Waals surface area contributed by atoms with E-state index in [2.05, 4.69) is 0 Å². The van der Waals surface area contributed by atoms with Crippen LogP contribution in [-0.4, -0.2) is 114 Å². The fourth-order valence-corrected chi connectivity index (χ4v) is 12.4. The minimum atomic E-state index is -3.91. The van der Waals surface area contributed by atoms with E-state index in [0.29, 0.717) is 37.7 Å². The number of aromatic nitrogens is 2. The molecular formula is C42H48N4O12S2. The molecule has 0 saturated carbocycles. The maximum absolute atomic E-state index is 14.0. The smallest absolute Gasteiger partial charge is 0.250 e. The predicted molar refractivity (Wildman–Crippen MR) is 217 cm³/mol. The highest BCUT2D eigenvalue weighted by atomic mass is 32.2. The molecule has 18 heteroatoms. The monoisotopic (exact) mass is 864 g/mol. The van der Waals surface area contributed by atoms with Crippen LogP contribution in [0.3, 0.4) is 0 Å². The van der Waals surface area contributed by atoms with Gasteiger partial charge in [0.1, 0.15) is 26.4 Å². The summed E-state index contributed by atoms with van der Waals surface area (Å²) in [5, 5.41) is 0. The van der Waals surface area contributed by atoms with Crippen molar-refractivity contribution in [3.8, 4) is 23.0 Å². The lowest BCUT2D eigenvalue weighted by Crippen LogP contribution is -2.49. The standard InChI is InChI=1S/C42H48N4O12S2/c47-41-5-1-3-35-31-19-29(25-45(35)41)23-43(27-31)59(49,50)33-7-9-37-39(21-33)57-17-13-53-12-16-56-38-10-8-34(22-40(38)58-18-14-54-11-15-55-37)60(51,52)44-24-30-20-32(28-44)36-4-2-6-42(48)46(36)26-30/h1-10,21-22,29-32H,11-20,23-28H2/t29-,30+,31-,32+. The first-order valence-corrected chi connectivity index (χ1v) is 23.3. The highest BCUT2D eigenvalue weighted by Gasteiger charge is 2.41. The average Bonchev–Trinajstić information content (AvgIpc) is 3.24. The van der Waals surface area contributed by atoms with Gasteiger partial charge in [0, 0.05) is 86.8 Å². The summed E-state index contributed by atoms with van der Waals surface area (Å²) < 4.78 is 98.3. The topological polar surface area (TPSA) is 174 Å². The molecule has 9 rings (SSSR count). The molecule has 4 atom stereocenters. The van der Waals surface area contributed by atoms with E-state index in [1.54, 1.807) is 45.5 Å². The number of rotatable bonds is 4. The van der Waals surface area contributed by atoms with Gasteiger partial charge in [-0.25, -0.2) is 16.8 Å². The fourth-order valence-electron chi connectivity index (χ4n) is 9.20. The Balaban J connectivity index is 0.844. The van der Waals surface area contributed by atoms with Crippen LogP contribution < -0.4 is 30.1 Å². The van der Waals surface area contributed by atoms with Gasteiger partial charge in [-0.15, -0.1) is 0 Å². The zero-order valence-electron chi connectivity index (χ0n) is 33.1. The van der Waals surface area contributed by atoms with Crippen molar-refractivity contribution in [1.82, 2.24) is 17.7 Å². The first kappa shape index (κ1) is 40.7. The third-order valence-corrected chi connectivity index (χ3v) is 15.6. The Kier molecular flexibility index (Phi) is 11.5. The quantitative estimate of drug-likeness (QED) is 0.294. The van der Waals surface area contributed by atoms with Crippen molar-refractivity contribution in [2.45, 2.75) is 47.6 Å². The number of nitrogens with zero attached hydrogens (tertiary/aromatic N) is 4. The maximum Gasteiger partial charge on any atom is 0.250 e. The van der Waals surface area contributed by atoms with Gasteiger partial charge in [0.05, 0.1) is 36.2 Å². The molecule has 0 unspecified atom stereocenters. The second-order valence-corrected chi connectivity index (χ2v) is 19.8. The molecule has 16 nitrogen and oxygen atoms in total. The summed E-state index contributed by atoms with van der Waals surface area (Å²) in [6.45, 7) is 3.28. The summed E-state index contributed by atoms with van der Waals surface area (Å²) in [4.78, 5) is 25.2. The van der Waals surface area contributed by atoms with Gasteiger partial charge in [-0.1, -0.05) is 12.1 Å². The number of piperidine rings is 2. The van der Waals surface area contributed by atoms with Gasteiger partial charge in [-0.3, -0.25) is 9.59 Å². The highest BCUT2D eigenvalue weighted by molar-refractivity contribution is 7.89. The van der Waals surface area contributed by atoms with Crippen molar-refractivity contribution in [2.75, 3.05) is 79.0 Å². The Morgan fingerprint density at radius 2 is 0.850 bits per heavy atom. The normalized spacial score (nSPS) is 24.3. The number of hydrogen-bond acceptors (Lipinski definition) is 12. The first-order chi connectivity index (χ1) is 29.0. The Morgan fingerprint density at radius 3 is 1.27 bits per heavy atom. The number of hydrogen-bond donors (Lipinski definition) is 0. The molecular weight excluding hydrogens is 817 g/mol. The SMILES string of the molecule is O=c1cccc2n1C[C@@H]1C[C@@H]2CN(S(=O)(=O)c2ccc3c(c2)OCCOCCOc2ccc(S(=O)(=O)N4C[C@@H]5C[C@@H](C4)c4cccc(=O)n4C5)cc2OCCOCCO3)C1. The predicted octanol–water partition coefficient (Wildman–Crippen LogP) is 2.89. The van der Waals surface area contributed by atoms with E-state index in [4.69, 9.17) is 28.4 Å². The van der Waals surface area contributed by atoms with Crippen LogP contribution in [0, 0.1) is 11.8 Å². The van der Waals surface area contributed by atoms with E-state index in [-0.39, 0.29) is 122 Å². The molecule has 0 N–H and O–H groups in total. The van der Waals surface area contributed by atoms with Crippen LogP contribution in [-0.2, 0) is 42.6 Å². The molecule has 0 radical (unpaired) electrons. The number of ether oxygens (including phenoxy) is 6. The number of benzene rings is 2. The average molecular weight is 865 g/mol. The Hall–Kier alpha value is -4.72. The van der Waals surface area contributed by atoms with Gasteiger partial charge >= 0.3 is 0 Å². The summed E-state index contributed by atoms with van der Waals surface area (Å²) >= 11 is 0. The van der Waals surface area contributed by atoms with Crippen LogP contribution in [0.1, 0.15) is 36.1 Å². The van der Waals surface area contributed by atoms with E-state index in [1.807, 2.05) is 12.1 Å². The third-order valence-electron chi connectivity index (χ3n) is 11.9. The number of pyridine rings is 2. The lowest BCUT2D eigenvalue weighted by atomic mass is 9.84. The van der Waals surface area contributed by atoms with Crippen molar-refractivity contribution < 1.29 is 45.3 Å². The van der Waals surface area contributed by atoms with Crippen LogP contribution in [0.25, 0.3) is 0 Å². The fraction of sp³-hybridized carbons (Fsp3) is 0.476. The van der Waals surface area contributed by atoms with Gasteiger partial charge in [0.15, 0.2) is 23.0 Å². The van der Waals surface area contributed by atoms with Gasteiger partial charge in [0.25, 0.3) is 11.1 Å². The molecule has 4 bridgehead atoms. The van der Waals surface area contributed by atoms with Crippen molar-refractivity contribution in [3.05, 3.63) is 105 Å². The molecule has 0 aliphatic carbocycles. The second-order valence-electron chi connectivity index (χ2n) is 15.9. The maximum atomic E-state index is 14.0. The lowest BCUT2D eigenvalue weighted by Gasteiger charge is -2.42. The van der Waals surface area contributed by atoms with Crippen LogP contribution in [0.4, 0.5) is 0 Å². The number of sulfonamides is 2. The first-order valence-electron chi connectivity index (χ1n) is 20.4. The van der Waals surface area contributed by atoms with Crippen molar-refractivity contribution >= 4 is 20.0 Å². The molecule has 2 fully saturated rings. The molecule has 5 aliphatic heterocycles. The molecule has 4 aromatic rings. The van der Waals surface area contributed by atoms with Crippen LogP contribution >= 0.6 is 0 Å². The number of fused-ring (bicyclic) bond motifs is 10. The molecule has 60 heavy (non-hydrogen) atoms. The molecule has 0 amide bonds. The summed E-state index contributed by atoms with van der Waals surface area (Å²) in [5.41, 5.74) is 1.61. The largest absolute Gasteiger partial charge is 0.487 e. The molecule has 5 aliphatic rings. The Bertz CT molecular complexity index is 2400. The van der Waals surface area contributed by atoms with E-state index in [9.17, 15) is 26.4 Å². The van der Waals surface area contributed by atoms with Gasteiger partial charge in [0.2, 0.25) is 20.0 Å². The summed E-state index contributed by atoms with van der Waals surface area (Å²) in [6, 6.07) is 19.5. The van der Waals surface area contributed by atoms with Gasteiger partial charge in [-0.05, 0) is 61.1 Å². The minimum absolute atomic E-state index is 0.0261. The highest BCUT2D eigenvalue weighted by Crippen LogP contribution is 2.40. The molecule has 2 aromatic carbocycles. The Labute approximate surface area is 348 Å². The van der Waals surface area contributed by atoms with E-state index >= 15 is 0 Å². The van der Waals surface area contributed by atoms with Crippen molar-refractivity contribution in [2.24, 2.45) is 11.8 Å². The summed E-state index contributed by atoms with van der Waals surface area (Å²) in [6.07, 6.45) is 1.66. The molecule has 2 saturated heterocycles. The summed E-state index contributed by atoms with van der Waals surface area (Å²) in [5.74, 6) is 1.10. The lowest BCUT2D eigenvalue weighted by molar-refractivity contribution is 0.0639. The van der Waals surface area contributed by atoms with E-state index < -0.39 is 20.0 Å². The molecule has 2 aromatic heterocycles. The van der Waals surface area contributed by atoms with Crippen molar-refractivity contribution in [1.29, 1.82) is 0 Å². The van der Waals surface area contributed by atoms with Gasteiger partial charge < -0.3 is 37.6 Å². The zero-order valence-corrected chi connectivity index (χ0v) is 34.7. The van der Waals surface area contributed by atoms with Crippen LogP contribution in [0.15, 0.2) is 92.2 Å². The van der Waals surface area contributed by atoms with Gasteiger partial charge in [-0.2, -0.15) is 8.61 Å². The third kappa shape index (κ3) is 8.20. The summed E-state index contributed by atoms with van der Waals surface area (Å²) in [7, 11) is -7.81. The zero-order chi connectivity index (χ0) is 41.4. The van der Waals surface area contributed by atoms with E-state index in [1.165, 1.54) is 32.9 Å². The van der Waals surface area contributed by atoms with Crippen LogP contribution in [0.2, 0.25) is 0 Å². The second kappa shape index (κ2) is 17.0. The van der Waals surface area contributed by atoms with E-state index in [0.717, 1.165) is 24.2 Å². The minimum Gasteiger partial charge on any atom is -0.487 e. The van der Waals surface area contributed by atoms with Crippen molar-refractivity contribution in [3.63, 3.8) is 0 Å². The Morgan fingerprint density at radius 1 is 0.450 bits per heavy atom. The molecule has 7 heterocycles. The molecule has 0 spiro atoms. The molecule has 320 valence electrons.